The third-order valence-electron chi connectivity index (χ3n) is 4.95. The zero-order valence-electron chi connectivity index (χ0n) is 16.0. The van der Waals surface area contributed by atoms with E-state index in [9.17, 15) is 14.7 Å². The predicted molar refractivity (Wildman–Crippen MR) is 115 cm³/mol. The largest absolute Gasteiger partial charge is 0.478 e. The lowest BCUT2D eigenvalue weighted by atomic mass is 9.93. The zero-order chi connectivity index (χ0) is 20.4. The number of carbonyl (C=O) groups is 2. The average molecular weight is 437 g/mol. The number of ketones is 1. The van der Waals surface area contributed by atoms with Gasteiger partial charge < -0.3 is 5.11 Å². The third-order valence-corrected chi connectivity index (χ3v) is 5.45. The third kappa shape index (κ3) is 3.40. The Morgan fingerprint density at radius 1 is 0.857 bits per heavy atom. The summed E-state index contributed by atoms with van der Waals surface area (Å²) in [4.78, 5) is 24.4. The van der Waals surface area contributed by atoms with Crippen LogP contribution in [0.2, 0.25) is 0 Å². The van der Waals surface area contributed by atoms with Crippen molar-refractivity contribution in [1.29, 1.82) is 0 Å². The Labute approximate surface area is 173 Å². The molecule has 0 spiro atoms. The smallest absolute Gasteiger partial charge is 0.336 e. The fraction of sp³-hybridized carbons (Fsp3) is 0.167. The molecule has 0 saturated carbocycles. The van der Waals surface area contributed by atoms with Crippen LogP contribution in [-0.2, 0) is 0 Å². The van der Waals surface area contributed by atoms with Crippen LogP contribution < -0.4 is 0 Å². The molecular weight excluding hydrogens is 416 g/mol. The highest BCUT2D eigenvalue weighted by Gasteiger charge is 2.27. The number of aromatic carboxylic acids is 1. The molecule has 1 atom stereocenters. The Hall–Kier alpha value is -2.72. The number of halogens is 1. The average Bonchev–Trinajstić information content (AvgIpc) is 3.00. The van der Waals surface area contributed by atoms with Gasteiger partial charge in [-0.3, -0.25) is 4.79 Å². The molecule has 0 fully saturated rings. The lowest BCUT2D eigenvalue weighted by molar-refractivity contribution is 0.0693. The molecular formula is C24H21BrO3. The van der Waals surface area contributed by atoms with Gasteiger partial charge in [0.15, 0.2) is 5.78 Å². The molecule has 0 saturated heterocycles. The molecule has 0 bridgehead atoms. The van der Waals surface area contributed by atoms with E-state index in [2.05, 4.69) is 35.0 Å². The van der Waals surface area contributed by atoms with Crippen LogP contribution in [-0.4, -0.2) is 16.9 Å². The van der Waals surface area contributed by atoms with Crippen LogP contribution in [0.3, 0.4) is 0 Å². The Morgan fingerprint density at radius 3 is 2.07 bits per heavy atom. The van der Waals surface area contributed by atoms with Gasteiger partial charge in [-0.15, -0.1) is 0 Å². The van der Waals surface area contributed by atoms with Crippen molar-refractivity contribution in [1.82, 2.24) is 0 Å². The number of carboxylic acids is 1. The number of benzene rings is 3. The topological polar surface area (TPSA) is 54.4 Å². The minimum absolute atomic E-state index is 0.0262. The molecule has 1 N–H and O–H groups in total. The van der Waals surface area contributed by atoms with Crippen molar-refractivity contribution in [2.24, 2.45) is 0 Å². The van der Waals surface area contributed by atoms with Crippen molar-refractivity contribution in [2.45, 2.75) is 26.7 Å². The van der Waals surface area contributed by atoms with E-state index < -0.39 is 5.97 Å². The van der Waals surface area contributed by atoms with Crippen LogP contribution in [0.5, 0.6) is 0 Å². The molecule has 1 unspecified atom stereocenters. The first kappa shape index (κ1) is 20.0. The van der Waals surface area contributed by atoms with E-state index in [-0.39, 0.29) is 22.8 Å². The molecule has 28 heavy (non-hydrogen) atoms. The second-order valence-corrected chi connectivity index (χ2v) is 7.35. The van der Waals surface area contributed by atoms with Crippen LogP contribution in [0.25, 0.3) is 11.1 Å². The standard InChI is InChI=1S/C22H15BrO3.C2H6/c1-12-19-10-13(21(24)17-4-2-3-5-18(17)22(25)26)6-8-15(19)16-9-7-14(23)11-20(12)16;1-2/h2-12H,1H3,(H,25,26);1-2H3. The highest BCUT2D eigenvalue weighted by molar-refractivity contribution is 9.10. The van der Waals surface area contributed by atoms with Crippen LogP contribution in [0.15, 0.2) is 65.1 Å². The summed E-state index contributed by atoms with van der Waals surface area (Å²) < 4.78 is 1.03. The summed E-state index contributed by atoms with van der Waals surface area (Å²) in [5.74, 6) is -1.18. The van der Waals surface area contributed by atoms with Gasteiger partial charge >= 0.3 is 5.97 Å². The lowest BCUT2D eigenvalue weighted by Gasteiger charge is -2.10. The number of hydrogen-bond donors (Lipinski definition) is 1. The summed E-state index contributed by atoms with van der Waals surface area (Å²) >= 11 is 3.52. The molecule has 3 aromatic carbocycles. The molecule has 4 heteroatoms. The van der Waals surface area contributed by atoms with Gasteiger partial charge in [-0.05, 0) is 46.5 Å². The summed E-state index contributed by atoms with van der Waals surface area (Å²) in [6.07, 6.45) is 0. The van der Waals surface area contributed by atoms with Crippen molar-refractivity contribution in [3.05, 3.63) is 93.0 Å². The minimum atomic E-state index is -1.10. The van der Waals surface area contributed by atoms with Gasteiger partial charge in [0.2, 0.25) is 0 Å². The minimum Gasteiger partial charge on any atom is -0.478 e. The summed E-state index contributed by atoms with van der Waals surface area (Å²) in [5.41, 5.74) is 5.38. The number of fused-ring (bicyclic) bond motifs is 3. The fourth-order valence-electron chi connectivity index (χ4n) is 3.64. The van der Waals surface area contributed by atoms with E-state index in [1.165, 1.54) is 17.2 Å². The van der Waals surface area contributed by atoms with E-state index in [0.29, 0.717) is 5.56 Å². The summed E-state index contributed by atoms with van der Waals surface area (Å²) in [7, 11) is 0. The monoisotopic (exact) mass is 436 g/mol. The van der Waals surface area contributed by atoms with Gasteiger partial charge in [-0.25, -0.2) is 4.79 Å². The van der Waals surface area contributed by atoms with Crippen molar-refractivity contribution in [3.8, 4) is 11.1 Å². The maximum Gasteiger partial charge on any atom is 0.336 e. The maximum absolute atomic E-state index is 12.9. The van der Waals surface area contributed by atoms with E-state index in [4.69, 9.17) is 0 Å². The molecule has 3 nitrogen and oxygen atoms in total. The molecule has 4 rings (SSSR count). The van der Waals surface area contributed by atoms with Crippen molar-refractivity contribution < 1.29 is 14.7 Å². The Morgan fingerprint density at radius 2 is 1.43 bits per heavy atom. The number of hydrogen-bond acceptors (Lipinski definition) is 2. The summed E-state index contributed by atoms with van der Waals surface area (Å²) in [5, 5.41) is 9.35. The second-order valence-electron chi connectivity index (χ2n) is 6.44. The first-order chi connectivity index (χ1) is 13.5. The fourth-order valence-corrected chi connectivity index (χ4v) is 4.01. The van der Waals surface area contributed by atoms with Crippen molar-refractivity contribution in [3.63, 3.8) is 0 Å². The zero-order valence-corrected chi connectivity index (χ0v) is 17.6. The molecule has 0 amide bonds. The second kappa shape index (κ2) is 8.11. The van der Waals surface area contributed by atoms with Gasteiger partial charge in [-0.1, -0.05) is 73.1 Å². The van der Waals surface area contributed by atoms with Gasteiger partial charge in [0.05, 0.1) is 5.56 Å². The van der Waals surface area contributed by atoms with Crippen LogP contribution in [0.1, 0.15) is 64.1 Å². The molecule has 0 aliphatic heterocycles. The molecule has 1 aliphatic rings. The first-order valence-electron chi connectivity index (χ1n) is 9.28. The molecule has 0 heterocycles. The van der Waals surface area contributed by atoms with Crippen LogP contribution >= 0.6 is 15.9 Å². The molecule has 142 valence electrons. The summed E-state index contributed by atoms with van der Waals surface area (Å²) in [6.45, 7) is 6.12. The number of carbonyl (C=O) groups excluding carboxylic acids is 1. The van der Waals surface area contributed by atoms with Crippen molar-refractivity contribution in [2.75, 3.05) is 0 Å². The number of rotatable bonds is 3. The Kier molecular flexibility index (Phi) is 5.80. The lowest BCUT2D eigenvalue weighted by Crippen LogP contribution is -2.10. The van der Waals surface area contributed by atoms with Gasteiger partial charge in [0.25, 0.3) is 0 Å². The van der Waals surface area contributed by atoms with E-state index in [0.717, 1.165) is 15.6 Å². The molecule has 0 radical (unpaired) electrons. The van der Waals surface area contributed by atoms with Crippen LogP contribution in [0.4, 0.5) is 0 Å². The van der Waals surface area contributed by atoms with E-state index in [1.54, 1.807) is 24.3 Å². The highest BCUT2D eigenvalue weighted by Crippen LogP contribution is 2.45. The van der Waals surface area contributed by atoms with E-state index >= 15 is 0 Å². The van der Waals surface area contributed by atoms with Gasteiger partial charge in [0, 0.05) is 21.5 Å². The van der Waals surface area contributed by atoms with Gasteiger partial charge in [0.1, 0.15) is 0 Å². The highest BCUT2D eigenvalue weighted by atomic mass is 79.9. The predicted octanol–water partition coefficient (Wildman–Crippen LogP) is 6.54. The van der Waals surface area contributed by atoms with Crippen molar-refractivity contribution >= 4 is 27.7 Å². The first-order valence-corrected chi connectivity index (χ1v) is 10.1. The van der Waals surface area contributed by atoms with E-state index in [1.807, 2.05) is 32.0 Å². The maximum atomic E-state index is 12.9. The summed E-state index contributed by atoms with van der Waals surface area (Å²) in [6, 6.07) is 18.2. The molecule has 0 aromatic heterocycles. The molecule has 3 aromatic rings. The normalized spacial score (nSPS) is 13.8. The number of carboxylic acid groups (broad SMARTS) is 1. The SMILES string of the molecule is CC.CC1c2cc(Br)ccc2-c2ccc(C(=O)c3ccccc3C(=O)O)cc21. The van der Waals surface area contributed by atoms with Gasteiger partial charge in [-0.2, -0.15) is 0 Å². The Bertz CT molecular complexity index is 1070. The molecule has 1 aliphatic carbocycles. The van der Waals surface area contributed by atoms with Crippen LogP contribution in [0, 0.1) is 0 Å². The Balaban J connectivity index is 0.00000109. The quantitative estimate of drug-likeness (QED) is 0.474.